The van der Waals surface area contributed by atoms with Crippen molar-refractivity contribution in [2.24, 2.45) is 0 Å². The van der Waals surface area contributed by atoms with E-state index in [0.717, 1.165) is 18.4 Å². The molecule has 0 heterocycles. The van der Waals surface area contributed by atoms with Gasteiger partial charge in [0.2, 0.25) is 5.91 Å². The summed E-state index contributed by atoms with van der Waals surface area (Å²) in [5, 5.41) is 2.86. The molecule has 0 aliphatic rings. The Kier molecular flexibility index (Phi) is 8.91. The first-order chi connectivity index (χ1) is 10.7. The van der Waals surface area contributed by atoms with Crippen LogP contribution in [-0.4, -0.2) is 31.6 Å². The zero-order valence-corrected chi connectivity index (χ0v) is 13.3. The van der Waals surface area contributed by atoms with Crippen LogP contribution in [-0.2, 0) is 25.7 Å². The highest BCUT2D eigenvalue weighted by Crippen LogP contribution is 2.04. The van der Waals surface area contributed by atoms with Crippen molar-refractivity contribution in [3.63, 3.8) is 0 Å². The maximum absolute atomic E-state index is 11.9. The van der Waals surface area contributed by atoms with Crippen LogP contribution in [0.1, 0.15) is 38.2 Å². The third-order valence-corrected chi connectivity index (χ3v) is 3.23. The molecule has 1 rings (SSSR count). The average Bonchev–Trinajstić information content (AvgIpc) is 2.52. The van der Waals surface area contributed by atoms with E-state index < -0.39 is 0 Å². The van der Waals surface area contributed by atoms with Crippen LogP contribution in [0.4, 0.5) is 0 Å². The lowest BCUT2D eigenvalue weighted by atomic mass is 10.1. The Balaban J connectivity index is 2.24. The lowest BCUT2D eigenvalue weighted by Gasteiger charge is -2.17. The van der Waals surface area contributed by atoms with Crippen molar-refractivity contribution in [3.05, 3.63) is 35.9 Å². The van der Waals surface area contributed by atoms with Crippen LogP contribution in [0.2, 0.25) is 0 Å². The maximum atomic E-state index is 11.9. The second kappa shape index (κ2) is 10.8. The summed E-state index contributed by atoms with van der Waals surface area (Å²) < 4.78 is 10.1. The number of rotatable bonds is 10. The second-order valence-electron chi connectivity index (χ2n) is 5.12. The van der Waals surface area contributed by atoms with Crippen molar-refractivity contribution in [2.45, 2.75) is 45.3 Å². The zero-order chi connectivity index (χ0) is 16.2. The van der Waals surface area contributed by atoms with Crippen LogP contribution in [0.25, 0.3) is 0 Å². The SMILES string of the molecule is CCC[C@@H](CC(=O)OC)NC(=O)CCOCc1ccccc1. The molecule has 1 aromatic carbocycles. The van der Waals surface area contributed by atoms with Gasteiger partial charge in [0, 0.05) is 12.5 Å². The van der Waals surface area contributed by atoms with Gasteiger partial charge in [0.05, 0.1) is 26.7 Å². The van der Waals surface area contributed by atoms with Crippen molar-refractivity contribution >= 4 is 11.9 Å². The van der Waals surface area contributed by atoms with E-state index in [1.165, 1.54) is 7.11 Å². The topological polar surface area (TPSA) is 64.6 Å². The highest BCUT2D eigenvalue weighted by Gasteiger charge is 2.15. The van der Waals surface area contributed by atoms with E-state index in [4.69, 9.17) is 4.74 Å². The number of hydrogen-bond acceptors (Lipinski definition) is 4. The Bertz CT molecular complexity index is 447. The number of carbonyl (C=O) groups is 2. The van der Waals surface area contributed by atoms with E-state index >= 15 is 0 Å². The van der Waals surface area contributed by atoms with Crippen molar-refractivity contribution in [3.8, 4) is 0 Å². The van der Waals surface area contributed by atoms with Gasteiger partial charge in [0.25, 0.3) is 0 Å². The van der Waals surface area contributed by atoms with Gasteiger partial charge in [-0.1, -0.05) is 43.7 Å². The smallest absolute Gasteiger partial charge is 0.307 e. The number of esters is 1. The molecule has 0 radical (unpaired) electrons. The molecule has 1 N–H and O–H groups in total. The molecule has 1 atom stereocenters. The van der Waals surface area contributed by atoms with E-state index in [2.05, 4.69) is 10.1 Å². The molecule has 1 amide bonds. The standard InChI is InChI=1S/C17H25NO4/c1-3-7-15(12-17(20)21-2)18-16(19)10-11-22-13-14-8-5-4-6-9-14/h4-6,8-9,15H,3,7,10-13H2,1-2H3,(H,18,19)/t15-/m0/s1. The van der Waals surface area contributed by atoms with Crippen LogP contribution >= 0.6 is 0 Å². The molecule has 1 aromatic rings. The predicted molar refractivity (Wildman–Crippen MR) is 84.2 cm³/mol. The quantitative estimate of drug-likeness (QED) is 0.532. The summed E-state index contributed by atoms with van der Waals surface area (Å²) in [5.41, 5.74) is 1.08. The number of hydrogen-bond donors (Lipinski definition) is 1. The summed E-state index contributed by atoms with van der Waals surface area (Å²) in [6, 6.07) is 9.65. The van der Waals surface area contributed by atoms with E-state index in [1.807, 2.05) is 37.3 Å². The molecule has 0 spiro atoms. The Morgan fingerprint density at radius 1 is 1.23 bits per heavy atom. The lowest BCUT2D eigenvalue weighted by molar-refractivity contribution is -0.141. The third kappa shape index (κ3) is 7.78. The minimum absolute atomic E-state index is 0.101. The first-order valence-corrected chi connectivity index (χ1v) is 7.63. The predicted octanol–water partition coefficient (Wildman–Crippen LogP) is 2.44. The summed E-state index contributed by atoms with van der Waals surface area (Å²) in [6.07, 6.45) is 2.15. The fourth-order valence-electron chi connectivity index (χ4n) is 2.09. The van der Waals surface area contributed by atoms with Crippen LogP contribution in [0.3, 0.4) is 0 Å². The van der Waals surface area contributed by atoms with Gasteiger partial charge < -0.3 is 14.8 Å². The first-order valence-electron chi connectivity index (χ1n) is 7.63. The van der Waals surface area contributed by atoms with E-state index in [-0.39, 0.29) is 30.8 Å². The van der Waals surface area contributed by atoms with Gasteiger partial charge in [-0.25, -0.2) is 0 Å². The molecular formula is C17H25NO4. The fourth-order valence-corrected chi connectivity index (χ4v) is 2.09. The van der Waals surface area contributed by atoms with E-state index in [0.29, 0.717) is 13.2 Å². The third-order valence-electron chi connectivity index (χ3n) is 3.23. The Hall–Kier alpha value is -1.88. The van der Waals surface area contributed by atoms with Gasteiger partial charge in [0.1, 0.15) is 0 Å². The Morgan fingerprint density at radius 3 is 2.59 bits per heavy atom. The first kappa shape index (κ1) is 18.2. The van der Waals surface area contributed by atoms with Crippen LogP contribution in [0.5, 0.6) is 0 Å². The van der Waals surface area contributed by atoms with Crippen molar-refractivity contribution in [2.75, 3.05) is 13.7 Å². The van der Waals surface area contributed by atoms with E-state index in [9.17, 15) is 9.59 Å². The van der Waals surface area contributed by atoms with Crippen molar-refractivity contribution < 1.29 is 19.1 Å². The molecule has 5 heteroatoms. The van der Waals surface area contributed by atoms with Gasteiger partial charge in [-0.2, -0.15) is 0 Å². The second-order valence-corrected chi connectivity index (χ2v) is 5.12. The molecular weight excluding hydrogens is 282 g/mol. The summed E-state index contributed by atoms with van der Waals surface area (Å²) in [4.78, 5) is 23.2. The number of amides is 1. The number of ether oxygens (including phenoxy) is 2. The molecule has 0 aliphatic carbocycles. The van der Waals surface area contributed by atoms with Crippen LogP contribution in [0, 0.1) is 0 Å². The average molecular weight is 307 g/mol. The Morgan fingerprint density at radius 2 is 1.95 bits per heavy atom. The molecule has 0 unspecified atom stereocenters. The molecule has 0 aliphatic heterocycles. The van der Waals surface area contributed by atoms with Crippen LogP contribution in [0.15, 0.2) is 30.3 Å². The molecule has 5 nitrogen and oxygen atoms in total. The molecule has 0 fully saturated rings. The number of nitrogens with one attached hydrogen (secondary N) is 1. The monoisotopic (exact) mass is 307 g/mol. The molecule has 0 aromatic heterocycles. The van der Waals surface area contributed by atoms with Gasteiger partial charge in [0.15, 0.2) is 0 Å². The summed E-state index contributed by atoms with van der Waals surface area (Å²) in [6.45, 7) is 2.87. The zero-order valence-electron chi connectivity index (χ0n) is 13.3. The highest BCUT2D eigenvalue weighted by atomic mass is 16.5. The number of benzene rings is 1. The Labute approximate surface area is 132 Å². The highest BCUT2D eigenvalue weighted by molar-refractivity contribution is 5.77. The van der Waals surface area contributed by atoms with Crippen LogP contribution < -0.4 is 5.32 Å². The maximum Gasteiger partial charge on any atom is 0.307 e. The van der Waals surface area contributed by atoms with Gasteiger partial charge in [-0.05, 0) is 12.0 Å². The largest absolute Gasteiger partial charge is 0.469 e. The van der Waals surface area contributed by atoms with Gasteiger partial charge >= 0.3 is 5.97 Å². The molecule has 0 bridgehead atoms. The molecule has 0 saturated heterocycles. The summed E-state index contributed by atoms with van der Waals surface area (Å²) >= 11 is 0. The van der Waals surface area contributed by atoms with Gasteiger partial charge in [-0.15, -0.1) is 0 Å². The van der Waals surface area contributed by atoms with E-state index in [1.54, 1.807) is 0 Å². The van der Waals surface area contributed by atoms with Gasteiger partial charge in [-0.3, -0.25) is 9.59 Å². The molecule has 122 valence electrons. The fraction of sp³-hybridized carbons (Fsp3) is 0.529. The summed E-state index contributed by atoms with van der Waals surface area (Å²) in [7, 11) is 1.35. The van der Waals surface area contributed by atoms with Crippen molar-refractivity contribution in [1.82, 2.24) is 5.32 Å². The normalized spacial score (nSPS) is 11.7. The number of methoxy groups -OCH3 is 1. The summed E-state index contributed by atoms with van der Waals surface area (Å²) in [5.74, 6) is -0.408. The minimum Gasteiger partial charge on any atom is -0.469 e. The number of carbonyl (C=O) groups excluding carboxylic acids is 2. The lowest BCUT2D eigenvalue weighted by Crippen LogP contribution is -2.37. The minimum atomic E-state index is -0.306. The van der Waals surface area contributed by atoms with Crippen molar-refractivity contribution in [1.29, 1.82) is 0 Å². The molecule has 22 heavy (non-hydrogen) atoms. The molecule has 0 saturated carbocycles.